The molecule has 11 N–H and O–H groups in total. The minimum absolute atomic E-state index is 0.00111. The van der Waals surface area contributed by atoms with Crippen LogP contribution in [-0.4, -0.2) is 152 Å². The number of benzene rings is 12. The van der Waals surface area contributed by atoms with Crippen molar-refractivity contribution in [3.8, 4) is 119 Å². The predicted octanol–water partition coefficient (Wildman–Crippen LogP) is 15.7. The van der Waals surface area contributed by atoms with Crippen molar-refractivity contribution in [3.63, 3.8) is 0 Å². The Hall–Kier alpha value is -19.0. The van der Waals surface area contributed by atoms with Gasteiger partial charge < -0.3 is 94.0 Å². The molecule has 0 unspecified atom stereocenters. The molecule has 0 aliphatic rings. The van der Waals surface area contributed by atoms with Crippen LogP contribution in [0.5, 0.6) is 46.2 Å². The van der Waals surface area contributed by atoms with Crippen molar-refractivity contribution >= 4 is 121 Å². The second-order valence-corrected chi connectivity index (χ2v) is 26.4. The van der Waals surface area contributed by atoms with Gasteiger partial charge in [0.05, 0.1) is 63.3 Å². The van der Waals surface area contributed by atoms with Crippen LogP contribution < -0.4 is 43.6 Å². The van der Waals surface area contributed by atoms with E-state index in [0.717, 1.165) is 61.7 Å². The Morgan fingerprint density at radius 2 is 0.595 bits per heavy atom. The fourth-order valence-electron chi connectivity index (χ4n) is 11.1. The zero-order valence-electron chi connectivity index (χ0n) is 67.1. The largest absolute Gasteiger partial charge is 0.497 e. The number of ether oxygens (including phenoxy) is 8. The fraction of sp³-hybridized carbons (Fsp3) is 0.0106. The fourth-order valence-corrected chi connectivity index (χ4v) is 11.6. The molecular formula is C94H65BrN2O34. The molecule has 13 rings (SSSR count). The Labute approximate surface area is 746 Å². The number of carboxylic acids is 9. The molecule has 0 radical (unpaired) electrons. The highest BCUT2D eigenvalue weighted by atomic mass is 79.9. The van der Waals surface area contributed by atoms with Crippen molar-refractivity contribution in [2.45, 2.75) is 0 Å². The average molecular weight is 1850 g/mol. The molecule has 13 aromatic rings. The third kappa shape index (κ3) is 30.2. The van der Waals surface area contributed by atoms with Gasteiger partial charge in [-0.25, -0.2) is 43.2 Å². The summed E-state index contributed by atoms with van der Waals surface area (Å²) >= 11 is 3.09. The van der Waals surface area contributed by atoms with Gasteiger partial charge in [0.25, 0.3) is 44.8 Å². The molecular weight excluding hydrogens is 1780 g/mol. The van der Waals surface area contributed by atoms with Gasteiger partial charge in [0.15, 0.2) is 0 Å². The summed E-state index contributed by atoms with van der Waals surface area (Å²) in [5.41, 5.74) is 17.6. The Kier molecular flexibility index (Phi) is 37.3. The van der Waals surface area contributed by atoms with E-state index in [2.05, 4.69) is 44.0 Å². The van der Waals surface area contributed by atoms with Crippen molar-refractivity contribution in [3.05, 3.63) is 327 Å². The number of nitrogens with zero attached hydrogens (tertiary/aromatic N) is 1. The second-order valence-electron chi connectivity index (χ2n) is 25.5. The smallest absolute Gasteiger partial charge is 0.371 e. The summed E-state index contributed by atoms with van der Waals surface area (Å²) in [7, 11) is 1.39. The van der Waals surface area contributed by atoms with Crippen molar-refractivity contribution in [2.75, 3.05) is 12.8 Å². The van der Waals surface area contributed by atoms with Gasteiger partial charge in [-0.2, -0.15) is 5.26 Å². The third-order valence-electron chi connectivity index (χ3n) is 17.2. The number of hydrogen-bond acceptors (Lipinski definition) is 27. The van der Waals surface area contributed by atoms with Crippen molar-refractivity contribution < 1.29 is 165 Å². The first-order chi connectivity index (χ1) is 62.7. The molecule has 131 heavy (non-hydrogen) atoms. The molecule has 0 aliphatic heterocycles. The van der Waals surface area contributed by atoms with Gasteiger partial charge in [-0.05, 0) is 232 Å². The molecule has 0 aliphatic carbocycles. The third-order valence-corrected chi connectivity index (χ3v) is 17.7. The number of methoxy groups -OCH3 is 1. The maximum atomic E-state index is 11.2. The standard InChI is InChI=1S/C27H19NO6.C27H18O6.C9H5NO4.C9H8O5.C8H5BrO4.C8H6O4.C6H4O5/c28-25-23(17-1-5-19(6-2-17)26(30)31)13-21(16-9-11-22(12-10-16)34-15-29)14-24(25)18-3-7-20(8-4-18)27(32)33;28-16-33-25-11-9-19(10-12-25)24-14-22(17-1-5-20(6-2-17)26(29)30)13-23(15-24)18-3-7-21(8-4-18)27(31)32;10-4-6-1-7(9(12)13)3-8(2-6)14-5-11;1-13-7-2-6(9(11)12)3-8(4-7)14-5-10;9-6-1-5(8(11)12)2-7(3-6)13-4-10;9-5-12-7-3-1-2-6(4-7)8(10)11;7-3-10-5-2-1-4(11-5)6(8)9/h1-15H,28H2,(H,30,31)(H,32,33);1-16H,(H,29,30)(H,31,32);1-3,5H,(H,12,13);2-5H,1H3,(H,11,12);1-4H,(H,11,12);1-5H,(H,10,11);1-3H,(H,8,9). The van der Waals surface area contributed by atoms with Crippen LogP contribution in [0.3, 0.4) is 0 Å². The molecule has 0 saturated carbocycles. The van der Waals surface area contributed by atoms with Gasteiger partial charge in [0.1, 0.15) is 40.2 Å². The number of carboxylic acid groups (broad SMARTS) is 9. The monoisotopic (exact) mass is 1840 g/mol. The molecule has 662 valence electrons. The van der Waals surface area contributed by atoms with Gasteiger partial charge >= 0.3 is 60.2 Å². The van der Waals surface area contributed by atoms with E-state index in [4.69, 9.17) is 50.7 Å². The lowest BCUT2D eigenvalue weighted by Crippen LogP contribution is -1.99. The molecule has 1 heterocycles. The van der Waals surface area contributed by atoms with Crippen LogP contribution in [0.1, 0.15) is 99.0 Å². The number of aromatic carboxylic acids is 9. The topological polar surface area (TPSA) is 592 Å². The quantitative estimate of drug-likeness (QED) is 0.0148. The minimum Gasteiger partial charge on any atom is -0.497 e. The zero-order valence-corrected chi connectivity index (χ0v) is 68.7. The summed E-state index contributed by atoms with van der Waals surface area (Å²) in [6.45, 7) is 1.77. The molecule has 0 fully saturated rings. The number of carbonyl (C=O) groups is 16. The van der Waals surface area contributed by atoms with Gasteiger partial charge in [0.2, 0.25) is 5.76 Å². The van der Waals surface area contributed by atoms with Crippen molar-refractivity contribution in [1.82, 2.24) is 0 Å². The molecule has 0 saturated heterocycles. The SMILES string of the molecule is COc1cc(OC=O)cc(C(=O)O)c1.N#Cc1cc(OC=O)cc(C(=O)O)c1.Nc1c(-c2ccc(C(=O)O)cc2)cc(-c2ccc(OC=O)cc2)cc1-c1ccc(C(=O)O)cc1.O=COc1cc(Br)cc(C(=O)O)c1.O=COc1ccc(-c2cc(-c3ccc(C(=O)O)cc3)cc(-c3ccc(C(=O)O)cc3)c2)cc1.O=COc1ccc(C(=O)O)o1.O=COc1cccc(C(=O)O)c1. The van der Waals surface area contributed by atoms with E-state index < -0.39 is 53.7 Å². The number of carbonyl (C=O) groups excluding carboxylic acids is 7. The van der Waals surface area contributed by atoms with E-state index in [1.165, 1.54) is 116 Å². The molecule has 0 spiro atoms. The molecule has 12 aromatic carbocycles. The zero-order chi connectivity index (χ0) is 95.8. The first kappa shape index (κ1) is 99.1. The Bertz CT molecular complexity index is 6250. The van der Waals surface area contributed by atoms with Crippen LogP contribution in [0, 0.1) is 11.3 Å². The molecule has 0 atom stereocenters. The molecule has 37 heteroatoms. The van der Waals surface area contributed by atoms with Crippen LogP contribution in [0.15, 0.2) is 276 Å². The minimum atomic E-state index is -1.20. The predicted molar refractivity (Wildman–Crippen MR) is 463 cm³/mol. The average Bonchev–Trinajstić information content (AvgIpc) is 0.838. The first-order valence-corrected chi connectivity index (χ1v) is 37.3. The van der Waals surface area contributed by atoms with Crippen LogP contribution in [0.2, 0.25) is 0 Å². The normalized spacial score (nSPS) is 9.78. The Morgan fingerprint density at radius 1 is 0.290 bits per heavy atom. The number of nitriles is 1. The number of furan rings is 1. The molecule has 0 bridgehead atoms. The van der Waals surface area contributed by atoms with Crippen LogP contribution in [-0.2, 0) is 33.6 Å². The van der Waals surface area contributed by atoms with E-state index in [0.29, 0.717) is 51.5 Å². The van der Waals surface area contributed by atoms with Crippen LogP contribution in [0.25, 0.3) is 66.8 Å². The number of hydrogen-bond donors (Lipinski definition) is 10. The number of halogens is 1. The van der Waals surface area contributed by atoms with Gasteiger partial charge in [-0.3, -0.25) is 33.6 Å². The lowest BCUT2D eigenvalue weighted by molar-refractivity contribution is -0.122. The highest BCUT2D eigenvalue weighted by Crippen LogP contribution is 2.41. The number of nitrogen functional groups attached to an aromatic ring is 1. The molecule has 0 amide bonds. The van der Waals surface area contributed by atoms with Gasteiger partial charge in [-0.15, -0.1) is 0 Å². The van der Waals surface area contributed by atoms with Crippen molar-refractivity contribution in [2.24, 2.45) is 0 Å². The number of rotatable bonds is 30. The van der Waals surface area contributed by atoms with Crippen molar-refractivity contribution in [1.29, 1.82) is 5.26 Å². The van der Waals surface area contributed by atoms with E-state index >= 15 is 0 Å². The summed E-state index contributed by atoms with van der Waals surface area (Å²) in [6, 6.07) is 71.5. The summed E-state index contributed by atoms with van der Waals surface area (Å²) in [5, 5.41) is 88.2. The van der Waals surface area contributed by atoms with Crippen LogP contribution in [0.4, 0.5) is 5.69 Å². The van der Waals surface area contributed by atoms with Crippen LogP contribution >= 0.6 is 15.9 Å². The van der Waals surface area contributed by atoms with E-state index in [1.54, 1.807) is 115 Å². The maximum absolute atomic E-state index is 11.2. The number of nitrogens with two attached hydrogens (primary N) is 1. The van der Waals surface area contributed by atoms with Gasteiger partial charge in [-0.1, -0.05) is 94.8 Å². The van der Waals surface area contributed by atoms with Gasteiger partial charge in [0, 0.05) is 33.4 Å². The highest BCUT2D eigenvalue weighted by molar-refractivity contribution is 9.10. The number of anilines is 1. The summed E-state index contributed by atoms with van der Waals surface area (Å²) in [4.78, 5) is 168. The van der Waals surface area contributed by atoms with E-state index in [1.807, 2.05) is 42.5 Å². The van der Waals surface area contributed by atoms with E-state index in [9.17, 15) is 97.1 Å². The first-order valence-electron chi connectivity index (χ1n) is 36.5. The lowest BCUT2D eigenvalue weighted by atomic mass is 9.90. The summed E-state index contributed by atoms with van der Waals surface area (Å²) in [6.07, 6.45) is 0. The Morgan fingerprint density at radius 3 is 0.939 bits per heavy atom. The maximum Gasteiger partial charge on any atom is 0.371 e. The van der Waals surface area contributed by atoms with E-state index in [-0.39, 0.29) is 117 Å². The summed E-state index contributed by atoms with van der Waals surface area (Å²) < 4.78 is 41.8. The Balaban J connectivity index is 0.000000221. The highest BCUT2D eigenvalue weighted by Gasteiger charge is 2.19. The summed E-state index contributed by atoms with van der Waals surface area (Å²) in [5.74, 6) is -8.29. The lowest BCUT2D eigenvalue weighted by Gasteiger charge is -2.16. The molecule has 36 nitrogen and oxygen atoms in total. The molecule has 1 aromatic heterocycles. The second kappa shape index (κ2) is 49.3.